The second-order valence-corrected chi connectivity index (χ2v) is 5.50. The molecule has 1 N–H and O–H groups in total. The van der Waals surface area contributed by atoms with Gasteiger partial charge in [-0.1, -0.05) is 37.4 Å². The average Bonchev–Trinajstić information content (AvgIpc) is 2.24. The maximum atomic E-state index is 6.19. The molecule has 0 heterocycles. The van der Waals surface area contributed by atoms with Gasteiger partial charge in [0.05, 0.1) is 10.7 Å². The number of anilines is 1. The molecule has 88 valence electrons. The molecule has 2 unspecified atom stereocenters. The number of rotatable bonds is 2. The molecule has 1 aromatic carbocycles. The molecule has 0 aromatic heterocycles. The molecule has 2 heteroatoms. The van der Waals surface area contributed by atoms with Crippen LogP contribution in [0, 0.1) is 12.8 Å². The van der Waals surface area contributed by atoms with E-state index in [1.165, 1.54) is 31.2 Å². The molecule has 1 aromatic rings. The summed E-state index contributed by atoms with van der Waals surface area (Å²) in [6.07, 6.45) is 5.25. The van der Waals surface area contributed by atoms with Crippen LogP contribution in [-0.2, 0) is 0 Å². The van der Waals surface area contributed by atoms with Gasteiger partial charge < -0.3 is 5.32 Å². The van der Waals surface area contributed by atoms with E-state index in [-0.39, 0.29) is 0 Å². The summed E-state index contributed by atoms with van der Waals surface area (Å²) in [5, 5.41) is 4.43. The fraction of sp³-hybridized carbons (Fsp3) is 0.571. The van der Waals surface area contributed by atoms with E-state index in [9.17, 15) is 0 Å². The maximum absolute atomic E-state index is 6.19. The number of hydrogen-bond acceptors (Lipinski definition) is 1. The first-order valence-corrected chi connectivity index (χ1v) is 6.55. The summed E-state index contributed by atoms with van der Waals surface area (Å²) in [6, 6.07) is 6.77. The van der Waals surface area contributed by atoms with Gasteiger partial charge in [-0.25, -0.2) is 0 Å². The van der Waals surface area contributed by atoms with Crippen molar-refractivity contribution in [2.45, 2.75) is 45.6 Å². The van der Waals surface area contributed by atoms with Gasteiger partial charge in [0.25, 0.3) is 0 Å². The molecule has 1 aliphatic carbocycles. The average molecular weight is 238 g/mol. The Hall–Kier alpha value is -0.690. The molecule has 2 rings (SSSR count). The van der Waals surface area contributed by atoms with Crippen LogP contribution in [0.25, 0.3) is 0 Å². The van der Waals surface area contributed by atoms with E-state index in [0.717, 1.165) is 16.6 Å². The first kappa shape index (κ1) is 11.8. The highest BCUT2D eigenvalue weighted by Gasteiger charge is 2.19. The number of nitrogens with one attached hydrogen (secondary N) is 1. The normalized spacial score (nSPS) is 25.4. The third-order valence-corrected chi connectivity index (χ3v) is 3.75. The van der Waals surface area contributed by atoms with Gasteiger partial charge in [0.15, 0.2) is 0 Å². The van der Waals surface area contributed by atoms with E-state index in [1.807, 2.05) is 6.07 Å². The monoisotopic (exact) mass is 237 g/mol. The van der Waals surface area contributed by atoms with Crippen molar-refractivity contribution < 1.29 is 0 Å². The van der Waals surface area contributed by atoms with Crippen molar-refractivity contribution in [2.75, 3.05) is 5.32 Å². The van der Waals surface area contributed by atoms with Crippen LogP contribution >= 0.6 is 11.6 Å². The van der Waals surface area contributed by atoms with Crippen LogP contribution in [0.2, 0.25) is 5.02 Å². The molecule has 1 saturated carbocycles. The summed E-state index contributed by atoms with van der Waals surface area (Å²) in [5.74, 6) is 0.842. The van der Waals surface area contributed by atoms with Crippen LogP contribution in [-0.4, -0.2) is 6.04 Å². The SMILES string of the molecule is Cc1ccc(Cl)c(NC2CCCC(C)C2)c1. The lowest BCUT2D eigenvalue weighted by atomic mass is 9.87. The minimum Gasteiger partial charge on any atom is -0.381 e. The number of benzene rings is 1. The van der Waals surface area contributed by atoms with E-state index in [4.69, 9.17) is 11.6 Å². The lowest BCUT2D eigenvalue weighted by Crippen LogP contribution is -2.26. The fourth-order valence-corrected chi connectivity index (χ4v) is 2.71. The topological polar surface area (TPSA) is 12.0 Å². The summed E-state index contributed by atoms with van der Waals surface area (Å²) in [5.41, 5.74) is 2.36. The van der Waals surface area contributed by atoms with Gasteiger partial charge in [-0.15, -0.1) is 0 Å². The zero-order valence-electron chi connectivity index (χ0n) is 10.1. The van der Waals surface area contributed by atoms with Crippen molar-refractivity contribution in [3.63, 3.8) is 0 Å². The van der Waals surface area contributed by atoms with Gasteiger partial charge in [0.1, 0.15) is 0 Å². The maximum Gasteiger partial charge on any atom is 0.0637 e. The largest absolute Gasteiger partial charge is 0.381 e. The molecule has 0 saturated heterocycles. The summed E-state index contributed by atoms with van der Waals surface area (Å²) >= 11 is 6.19. The van der Waals surface area contributed by atoms with E-state index < -0.39 is 0 Å². The molecular formula is C14H20ClN. The minimum absolute atomic E-state index is 0.600. The molecule has 0 amide bonds. The van der Waals surface area contributed by atoms with E-state index in [2.05, 4.69) is 31.3 Å². The highest BCUT2D eigenvalue weighted by Crippen LogP contribution is 2.29. The van der Waals surface area contributed by atoms with Crippen molar-refractivity contribution in [2.24, 2.45) is 5.92 Å². The van der Waals surface area contributed by atoms with E-state index >= 15 is 0 Å². The second kappa shape index (κ2) is 5.09. The first-order valence-electron chi connectivity index (χ1n) is 6.18. The predicted molar refractivity (Wildman–Crippen MR) is 71.2 cm³/mol. The van der Waals surface area contributed by atoms with Gasteiger partial charge in [-0.2, -0.15) is 0 Å². The van der Waals surface area contributed by atoms with Gasteiger partial charge in [0, 0.05) is 6.04 Å². The van der Waals surface area contributed by atoms with Crippen molar-refractivity contribution in [3.8, 4) is 0 Å². The van der Waals surface area contributed by atoms with Crippen molar-refractivity contribution >= 4 is 17.3 Å². The molecule has 1 nitrogen and oxygen atoms in total. The Labute approximate surface area is 103 Å². The molecule has 0 bridgehead atoms. The third-order valence-electron chi connectivity index (χ3n) is 3.42. The summed E-state index contributed by atoms with van der Waals surface area (Å²) in [4.78, 5) is 0. The lowest BCUT2D eigenvalue weighted by molar-refractivity contribution is 0.358. The smallest absolute Gasteiger partial charge is 0.0637 e. The molecule has 2 atom stereocenters. The summed E-state index contributed by atoms with van der Waals surface area (Å²) in [7, 11) is 0. The number of aryl methyl sites for hydroxylation is 1. The molecule has 0 radical (unpaired) electrons. The number of halogens is 1. The van der Waals surface area contributed by atoms with Crippen LogP contribution in [0.5, 0.6) is 0 Å². The molecule has 0 spiro atoms. The number of hydrogen-bond donors (Lipinski definition) is 1. The molecular weight excluding hydrogens is 218 g/mol. The van der Waals surface area contributed by atoms with Crippen LogP contribution in [0.1, 0.15) is 38.2 Å². The van der Waals surface area contributed by atoms with Gasteiger partial charge in [0.2, 0.25) is 0 Å². The quantitative estimate of drug-likeness (QED) is 0.790. The first-order chi connectivity index (χ1) is 7.65. The van der Waals surface area contributed by atoms with Crippen molar-refractivity contribution in [1.29, 1.82) is 0 Å². The Morgan fingerprint density at radius 3 is 2.88 bits per heavy atom. The second-order valence-electron chi connectivity index (χ2n) is 5.10. The van der Waals surface area contributed by atoms with Crippen LogP contribution < -0.4 is 5.32 Å². The van der Waals surface area contributed by atoms with Crippen LogP contribution in [0.15, 0.2) is 18.2 Å². The Bertz CT molecular complexity index is 362. The standard InChI is InChI=1S/C14H20ClN/c1-10-4-3-5-12(8-10)16-14-9-11(2)6-7-13(14)15/h6-7,9-10,12,16H,3-5,8H2,1-2H3. The summed E-state index contributed by atoms with van der Waals surface area (Å²) in [6.45, 7) is 4.44. The Morgan fingerprint density at radius 2 is 2.12 bits per heavy atom. The molecule has 1 fully saturated rings. The van der Waals surface area contributed by atoms with Crippen molar-refractivity contribution in [1.82, 2.24) is 0 Å². The van der Waals surface area contributed by atoms with E-state index in [0.29, 0.717) is 6.04 Å². The molecule has 1 aliphatic rings. The Kier molecular flexibility index (Phi) is 3.75. The highest BCUT2D eigenvalue weighted by molar-refractivity contribution is 6.33. The van der Waals surface area contributed by atoms with E-state index in [1.54, 1.807) is 0 Å². The van der Waals surface area contributed by atoms with Crippen LogP contribution in [0.4, 0.5) is 5.69 Å². The van der Waals surface area contributed by atoms with Gasteiger partial charge >= 0.3 is 0 Å². The lowest BCUT2D eigenvalue weighted by Gasteiger charge is -2.28. The highest BCUT2D eigenvalue weighted by atomic mass is 35.5. The van der Waals surface area contributed by atoms with Gasteiger partial charge in [-0.3, -0.25) is 0 Å². The minimum atomic E-state index is 0.600. The zero-order valence-corrected chi connectivity index (χ0v) is 10.8. The van der Waals surface area contributed by atoms with Gasteiger partial charge in [-0.05, 0) is 43.4 Å². The molecule has 0 aliphatic heterocycles. The summed E-state index contributed by atoms with van der Waals surface area (Å²) < 4.78 is 0. The van der Waals surface area contributed by atoms with Crippen LogP contribution in [0.3, 0.4) is 0 Å². The zero-order chi connectivity index (χ0) is 11.5. The molecule has 16 heavy (non-hydrogen) atoms. The Balaban J connectivity index is 2.05. The van der Waals surface area contributed by atoms with Crippen molar-refractivity contribution in [3.05, 3.63) is 28.8 Å². The Morgan fingerprint density at radius 1 is 1.31 bits per heavy atom. The third kappa shape index (κ3) is 2.91. The predicted octanol–water partition coefficient (Wildman–Crippen LogP) is 4.64. The fourth-order valence-electron chi connectivity index (χ4n) is 2.53.